The SMILES string of the molecule is O=C(OCc1cc(Cl)c2c(c1)OCO2)c1cccc(-n2cnnn2)c1. The zero-order chi connectivity index (χ0) is 17.2. The summed E-state index contributed by atoms with van der Waals surface area (Å²) in [4.78, 5) is 12.3. The first-order valence-corrected chi connectivity index (χ1v) is 7.67. The second-order valence-corrected chi connectivity index (χ2v) is 5.60. The predicted octanol–water partition coefficient (Wildman–Crippen LogP) is 2.40. The van der Waals surface area contributed by atoms with Crippen LogP contribution in [0.25, 0.3) is 5.69 Å². The maximum absolute atomic E-state index is 12.3. The number of rotatable bonds is 4. The van der Waals surface area contributed by atoms with Crippen LogP contribution in [0.4, 0.5) is 0 Å². The van der Waals surface area contributed by atoms with E-state index in [-0.39, 0.29) is 13.4 Å². The van der Waals surface area contributed by atoms with Crippen molar-refractivity contribution >= 4 is 17.6 Å². The lowest BCUT2D eigenvalue weighted by molar-refractivity contribution is 0.0472. The molecular weight excluding hydrogens is 348 g/mol. The Hall–Kier alpha value is -3.13. The summed E-state index contributed by atoms with van der Waals surface area (Å²) in [5.74, 6) is 0.578. The van der Waals surface area contributed by atoms with E-state index in [2.05, 4.69) is 15.5 Å². The molecule has 126 valence electrons. The van der Waals surface area contributed by atoms with Crippen molar-refractivity contribution < 1.29 is 19.0 Å². The van der Waals surface area contributed by atoms with Crippen molar-refractivity contribution in [1.29, 1.82) is 0 Å². The summed E-state index contributed by atoms with van der Waals surface area (Å²) in [7, 11) is 0. The van der Waals surface area contributed by atoms with Gasteiger partial charge in [0.05, 0.1) is 16.3 Å². The van der Waals surface area contributed by atoms with Crippen molar-refractivity contribution in [3.8, 4) is 17.2 Å². The van der Waals surface area contributed by atoms with Crippen LogP contribution in [0.15, 0.2) is 42.7 Å². The molecule has 9 heteroatoms. The Morgan fingerprint density at radius 1 is 1.28 bits per heavy atom. The molecule has 0 atom stereocenters. The third-order valence-corrected chi connectivity index (χ3v) is 3.83. The van der Waals surface area contributed by atoms with Gasteiger partial charge in [-0.1, -0.05) is 17.7 Å². The predicted molar refractivity (Wildman–Crippen MR) is 85.8 cm³/mol. The average Bonchev–Trinajstić information content (AvgIpc) is 3.31. The molecule has 0 aliphatic carbocycles. The first kappa shape index (κ1) is 15.4. The highest BCUT2D eigenvalue weighted by Gasteiger charge is 2.19. The number of aromatic nitrogens is 4. The van der Waals surface area contributed by atoms with E-state index in [0.29, 0.717) is 33.3 Å². The molecule has 0 unspecified atom stereocenters. The van der Waals surface area contributed by atoms with Crippen molar-refractivity contribution in [2.75, 3.05) is 6.79 Å². The van der Waals surface area contributed by atoms with Crippen LogP contribution in [0.5, 0.6) is 11.5 Å². The van der Waals surface area contributed by atoms with Gasteiger partial charge in [0.25, 0.3) is 0 Å². The molecule has 0 saturated carbocycles. The van der Waals surface area contributed by atoms with Crippen LogP contribution in [-0.4, -0.2) is 33.0 Å². The molecule has 0 bridgehead atoms. The molecular formula is C16H11ClN4O4. The molecule has 1 aliphatic heterocycles. The van der Waals surface area contributed by atoms with Crippen molar-refractivity contribution in [2.24, 2.45) is 0 Å². The number of tetrazole rings is 1. The fourth-order valence-corrected chi connectivity index (χ4v) is 2.68. The molecule has 0 saturated heterocycles. The molecule has 0 N–H and O–H groups in total. The topological polar surface area (TPSA) is 88.4 Å². The van der Waals surface area contributed by atoms with E-state index in [9.17, 15) is 4.79 Å². The van der Waals surface area contributed by atoms with E-state index < -0.39 is 5.97 Å². The number of benzene rings is 2. The smallest absolute Gasteiger partial charge is 0.338 e. The summed E-state index contributed by atoms with van der Waals surface area (Å²) >= 11 is 6.12. The van der Waals surface area contributed by atoms with Crippen molar-refractivity contribution in [1.82, 2.24) is 20.2 Å². The molecule has 0 fully saturated rings. The second-order valence-electron chi connectivity index (χ2n) is 5.19. The van der Waals surface area contributed by atoms with Crippen molar-refractivity contribution in [3.63, 3.8) is 0 Å². The molecule has 2 heterocycles. The van der Waals surface area contributed by atoms with Crippen LogP contribution in [0.2, 0.25) is 5.02 Å². The van der Waals surface area contributed by atoms with Crippen molar-refractivity contribution in [2.45, 2.75) is 6.61 Å². The molecule has 0 spiro atoms. The summed E-state index contributed by atoms with van der Waals surface area (Å²) in [6.45, 7) is 0.187. The molecule has 3 aromatic rings. The zero-order valence-corrected chi connectivity index (χ0v) is 13.5. The average molecular weight is 359 g/mol. The molecule has 2 aromatic carbocycles. The van der Waals surface area contributed by atoms with Gasteiger partial charge < -0.3 is 14.2 Å². The van der Waals surface area contributed by atoms with Gasteiger partial charge in [0.15, 0.2) is 11.5 Å². The van der Waals surface area contributed by atoms with Gasteiger partial charge in [-0.15, -0.1) is 5.10 Å². The van der Waals surface area contributed by atoms with Crippen LogP contribution in [0, 0.1) is 0 Å². The Kier molecular flexibility index (Phi) is 3.95. The summed E-state index contributed by atoms with van der Waals surface area (Å²) in [6.07, 6.45) is 1.44. The lowest BCUT2D eigenvalue weighted by Gasteiger charge is -2.08. The first-order chi connectivity index (χ1) is 12.2. The number of hydrogen-bond donors (Lipinski definition) is 0. The number of carbonyl (C=O) groups excluding carboxylic acids is 1. The third-order valence-electron chi connectivity index (χ3n) is 3.55. The summed E-state index contributed by atoms with van der Waals surface area (Å²) in [5.41, 5.74) is 1.75. The second kappa shape index (κ2) is 6.40. The van der Waals surface area contributed by atoms with E-state index in [1.165, 1.54) is 11.0 Å². The van der Waals surface area contributed by atoms with Crippen LogP contribution in [0.1, 0.15) is 15.9 Å². The van der Waals surface area contributed by atoms with E-state index in [4.69, 9.17) is 25.8 Å². The number of nitrogens with zero attached hydrogens (tertiary/aromatic N) is 4. The monoisotopic (exact) mass is 358 g/mol. The van der Waals surface area contributed by atoms with Gasteiger partial charge in [-0.2, -0.15) is 0 Å². The molecule has 25 heavy (non-hydrogen) atoms. The molecule has 0 amide bonds. The fraction of sp³-hybridized carbons (Fsp3) is 0.125. The molecule has 1 aromatic heterocycles. The lowest BCUT2D eigenvalue weighted by Crippen LogP contribution is -2.06. The van der Waals surface area contributed by atoms with Gasteiger partial charge in [-0.05, 0) is 46.3 Å². The summed E-state index contributed by atoms with van der Waals surface area (Å²) in [6, 6.07) is 10.2. The van der Waals surface area contributed by atoms with E-state index in [0.717, 1.165) is 0 Å². The van der Waals surface area contributed by atoms with E-state index >= 15 is 0 Å². The minimum atomic E-state index is -0.469. The Morgan fingerprint density at radius 3 is 3.04 bits per heavy atom. The standard InChI is InChI=1S/C16H11ClN4O4/c17-13-4-10(5-14-15(13)25-9-24-14)7-23-16(22)11-2-1-3-12(6-11)21-8-18-19-20-21/h1-6,8H,7,9H2. The fourth-order valence-electron chi connectivity index (χ4n) is 2.39. The number of ether oxygens (including phenoxy) is 3. The summed E-state index contributed by atoms with van der Waals surface area (Å²) < 4.78 is 17.3. The maximum atomic E-state index is 12.3. The number of fused-ring (bicyclic) bond motifs is 1. The number of esters is 1. The summed E-state index contributed by atoms with van der Waals surface area (Å²) in [5, 5.41) is 11.3. The number of hydrogen-bond acceptors (Lipinski definition) is 7. The quantitative estimate of drug-likeness (QED) is 0.661. The normalized spacial score (nSPS) is 12.2. The molecule has 4 rings (SSSR count). The zero-order valence-electron chi connectivity index (χ0n) is 12.8. The Balaban J connectivity index is 1.48. The highest BCUT2D eigenvalue weighted by molar-refractivity contribution is 6.32. The first-order valence-electron chi connectivity index (χ1n) is 7.29. The van der Waals surface area contributed by atoms with Crippen LogP contribution >= 0.6 is 11.6 Å². The lowest BCUT2D eigenvalue weighted by atomic mass is 10.2. The molecule has 0 radical (unpaired) electrons. The third kappa shape index (κ3) is 3.11. The van der Waals surface area contributed by atoms with E-state index in [1.807, 2.05) is 0 Å². The van der Waals surface area contributed by atoms with Gasteiger partial charge in [0.2, 0.25) is 6.79 Å². The van der Waals surface area contributed by atoms with Crippen LogP contribution in [0.3, 0.4) is 0 Å². The Labute approximate surface area is 146 Å². The van der Waals surface area contributed by atoms with Gasteiger partial charge in [-0.25, -0.2) is 9.48 Å². The minimum Gasteiger partial charge on any atom is -0.457 e. The van der Waals surface area contributed by atoms with Gasteiger partial charge in [0.1, 0.15) is 12.9 Å². The van der Waals surface area contributed by atoms with Crippen molar-refractivity contribution in [3.05, 3.63) is 58.9 Å². The molecule has 1 aliphatic rings. The Morgan fingerprint density at radius 2 is 2.20 bits per heavy atom. The highest BCUT2D eigenvalue weighted by atomic mass is 35.5. The number of halogens is 1. The van der Waals surface area contributed by atoms with Gasteiger partial charge in [0, 0.05) is 0 Å². The largest absolute Gasteiger partial charge is 0.457 e. The van der Waals surface area contributed by atoms with Gasteiger partial charge in [-0.3, -0.25) is 0 Å². The number of carbonyl (C=O) groups is 1. The highest BCUT2D eigenvalue weighted by Crippen LogP contribution is 2.39. The maximum Gasteiger partial charge on any atom is 0.338 e. The van der Waals surface area contributed by atoms with Crippen LogP contribution in [-0.2, 0) is 11.3 Å². The molecule has 8 nitrogen and oxygen atoms in total. The Bertz CT molecular complexity index is 930. The van der Waals surface area contributed by atoms with Crippen LogP contribution < -0.4 is 9.47 Å². The van der Waals surface area contributed by atoms with Gasteiger partial charge >= 0.3 is 5.97 Å². The minimum absolute atomic E-state index is 0.0598. The van der Waals surface area contributed by atoms with E-state index in [1.54, 1.807) is 36.4 Å².